The number of nitrogens with zero attached hydrogens (tertiary/aromatic N) is 3. The normalized spacial score (nSPS) is 9.29. The van der Waals surface area contributed by atoms with E-state index >= 15 is 0 Å². The molecule has 0 fully saturated rings. The van der Waals surface area contributed by atoms with Crippen molar-refractivity contribution in [3.8, 4) is 5.75 Å². The molecular formula is C9H10BrN3O. The largest absolute Gasteiger partial charge is 0.497 e. The van der Waals surface area contributed by atoms with Gasteiger partial charge in [0.25, 0.3) is 0 Å². The summed E-state index contributed by atoms with van der Waals surface area (Å²) in [4.78, 5) is 2.70. The van der Waals surface area contributed by atoms with Crippen LogP contribution in [0.25, 0.3) is 10.4 Å². The molecule has 0 aliphatic heterocycles. The molecule has 0 atom stereocenters. The fourth-order valence-corrected chi connectivity index (χ4v) is 1.53. The minimum atomic E-state index is 0.461. The second kappa shape index (κ2) is 5.52. The van der Waals surface area contributed by atoms with Crippen LogP contribution < -0.4 is 4.74 Å². The molecular weight excluding hydrogens is 246 g/mol. The van der Waals surface area contributed by atoms with Crippen molar-refractivity contribution in [1.29, 1.82) is 0 Å². The van der Waals surface area contributed by atoms with Gasteiger partial charge in [-0.2, -0.15) is 0 Å². The van der Waals surface area contributed by atoms with E-state index in [1.165, 1.54) is 0 Å². The van der Waals surface area contributed by atoms with Crippen molar-refractivity contribution in [2.24, 2.45) is 5.11 Å². The van der Waals surface area contributed by atoms with E-state index in [4.69, 9.17) is 10.3 Å². The zero-order chi connectivity index (χ0) is 10.4. The van der Waals surface area contributed by atoms with Crippen LogP contribution in [0.1, 0.15) is 5.56 Å². The fourth-order valence-electron chi connectivity index (χ4n) is 1.08. The Labute approximate surface area is 90.6 Å². The molecule has 0 amide bonds. The quantitative estimate of drug-likeness (QED) is 0.463. The van der Waals surface area contributed by atoms with Crippen molar-refractivity contribution in [1.82, 2.24) is 0 Å². The Hall–Kier alpha value is -1.19. The van der Waals surface area contributed by atoms with Gasteiger partial charge in [0.15, 0.2) is 0 Å². The third kappa shape index (κ3) is 2.94. The van der Waals surface area contributed by atoms with Crippen LogP contribution in [0.15, 0.2) is 27.8 Å². The molecule has 0 saturated carbocycles. The third-order valence-corrected chi connectivity index (χ3v) is 2.57. The van der Waals surface area contributed by atoms with Crippen LogP contribution in [0, 0.1) is 0 Å². The molecule has 1 rings (SSSR count). The van der Waals surface area contributed by atoms with Gasteiger partial charge in [-0.15, -0.1) is 0 Å². The molecule has 74 valence electrons. The van der Waals surface area contributed by atoms with Gasteiger partial charge in [-0.25, -0.2) is 0 Å². The topological polar surface area (TPSA) is 58.0 Å². The number of rotatable bonds is 4. The minimum absolute atomic E-state index is 0.461. The first-order valence-electron chi connectivity index (χ1n) is 4.11. The van der Waals surface area contributed by atoms with Gasteiger partial charge in [0, 0.05) is 15.9 Å². The Kier molecular flexibility index (Phi) is 4.29. The average Bonchev–Trinajstić information content (AvgIpc) is 2.21. The molecule has 0 N–H and O–H groups in total. The Morgan fingerprint density at radius 2 is 2.36 bits per heavy atom. The highest BCUT2D eigenvalue weighted by Gasteiger charge is 2.00. The molecule has 1 aromatic carbocycles. The SMILES string of the molecule is COc1ccc(Br)c(CCN=[N+]=[N-])c1. The van der Waals surface area contributed by atoms with Crippen molar-refractivity contribution >= 4 is 15.9 Å². The maximum atomic E-state index is 8.14. The first kappa shape index (κ1) is 10.9. The van der Waals surface area contributed by atoms with Gasteiger partial charge < -0.3 is 4.74 Å². The van der Waals surface area contributed by atoms with Crippen LogP contribution in [0.4, 0.5) is 0 Å². The molecule has 0 unspecified atom stereocenters. The fraction of sp³-hybridized carbons (Fsp3) is 0.333. The molecule has 0 aromatic heterocycles. The lowest BCUT2D eigenvalue weighted by Crippen LogP contribution is -1.92. The minimum Gasteiger partial charge on any atom is -0.497 e. The van der Waals surface area contributed by atoms with E-state index in [2.05, 4.69) is 26.0 Å². The van der Waals surface area contributed by atoms with Gasteiger partial charge in [-0.05, 0) is 35.7 Å². The van der Waals surface area contributed by atoms with Gasteiger partial charge in [-0.3, -0.25) is 0 Å². The molecule has 4 nitrogen and oxygen atoms in total. The zero-order valence-corrected chi connectivity index (χ0v) is 9.36. The summed E-state index contributed by atoms with van der Waals surface area (Å²) in [5.41, 5.74) is 9.22. The highest BCUT2D eigenvalue weighted by atomic mass is 79.9. The maximum absolute atomic E-state index is 8.14. The van der Waals surface area contributed by atoms with Crippen molar-refractivity contribution in [3.63, 3.8) is 0 Å². The van der Waals surface area contributed by atoms with E-state index in [1.807, 2.05) is 18.2 Å². The van der Waals surface area contributed by atoms with E-state index in [0.29, 0.717) is 13.0 Å². The highest BCUT2D eigenvalue weighted by molar-refractivity contribution is 9.10. The summed E-state index contributed by atoms with van der Waals surface area (Å²) in [5, 5.41) is 3.48. The summed E-state index contributed by atoms with van der Waals surface area (Å²) in [6, 6.07) is 5.72. The first-order valence-corrected chi connectivity index (χ1v) is 4.90. The van der Waals surface area contributed by atoms with E-state index < -0.39 is 0 Å². The highest BCUT2D eigenvalue weighted by Crippen LogP contribution is 2.22. The van der Waals surface area contributed by atoms with Crippen LogP contribution in [-0.4, -0.2) is 13.7 Å². The Morgan fingerprint density at radius 3 is 3.00 bits per heavy atom. The summed E-state index contributed by atoms with van der Waals surface area (Å²) in [6.45, 7) is 0.461. The maximum Gasteiger partial charge on any atom is 0.119 e. The van der Waals surface area contributed by atoms with E-state index in [-0.39, 0.29) is 0 Å². The standard InChI is InChI=1S/C9H10BrN3O/c1-14-8-2-3-9(10)7(6-8)4-5-12-13-11/h2-3,6H,4-5H2,1H3. The third-order valence-electron chi connectivity index (χ3n) is 1.80. The van der Waals surface area contributed by atoms with Crippen LogP contribution >= 0.6 is 15.9 Å². The Morgan fingerprint density at radius 1 is 1.57 bits per heavy atom. The van der Waals surface area contributed by atoms with Gasteiger partial charge in [0.2, 0.25) is 0 Å². The molecule has 0 aliphatic carbocycles. The molecule has 5 heteroatoms. The number of hydrogen-bond acceptors (Lipinski definition) is 2. The van der Waals surface area contributed by atoms with Crippen LogP contribution in [0.3, 0.4) is 0 Å². The molecule has 0 spiro atoms. The summed E-state index contributed by atoms with van der Waals surface area (Å²) in [6.07, 6.45) is 0.710. The lowest BCUT2D eigenvalue weighted by molar-refractivity contribution is 0.414. The zero-order valence-electron chi connectivity index (χ0n) is 7.77. The molecule has 0 bridgehead atoms. The van der Waals surface area contributed by atoms with Crippen molar-refractivity contribution < 1.29 is 4.74 Å². The molecule has 0 aliphatic rings. The van der Waals surface area contributed by atoms with E-state index in [1.54, 1.807) is 7.11 Å². The number of azide groups is 1. The summed E-state index contributed by atoms with van der Waals surface area (Å²) >= 11 is 3.42. The number of methoxy groups -OCH3 is 1. The predicted molar refractivity (Wildman–Crippen MR) is 58.4 cm³/mol. The van der Waals surface area contributed by atoms with Crippen molar-refractivity contribution in [2.45, 2.75) is 6.42 Å². The molecule has 0 radical (unpaired) electrons. The number of ether oxygens (including phenoxy) is 1. The number of benzene rings is 1. The monoisotopic (exact) mass is 255 g/mol. The summed E-state index contributed by atoms with van der Waals surface area (Å²) < 4.78 is 6.10. The number of hydrogen-bond donors (Lipinski definition) is 0. The van der Waals surface area contributed by atoms with E-state index in [9.17, 15) is 0 Å². The van der Waals surface area contributed by atoms with Gasteiger partial charge >= 0.3 is 0 Å². The van der Waals surface area contributed by atoms with Crippen LogP contribution in [0.2, 0.25) is 0 Å². The second-order valence-corrected chi connectivity index (χ2v) is 3.52. The van der Waals surface area contributed by atoms with Gasteiger partial charge in [0.1, 0.15) is 5.75 Å². The summed E-state index contributed by atoms with van der Waals surface area (Å²) in [7, 11) is 1.63. The Bertz CT molecular complexity index is 361. The smallest absolute Gasteiger partial charge is 0.119 e. The molecule has 14 heavy (non-hydrogen) atoms. The first-order chi connectivity index (χ1) is 6.77. The van der Waals surface area contributed by atoms with Crippen molar-refractivity contribution in [3.05, 3.63) is 38.7 Å². The Balaban J connectivity index is 2.78. The van der Waals surface area contributed by atoms with Gasteiger partial charge in [-0.1, -0.05) is 21.0 Å². The average molecular weight is 256 g/mol. The van der Waals surface area contributed by atoms with Crippen molar-refractivity contribution in [2.75, 3.05) is 13.7 Å². The lowest BCUT2D eigenvalue weighted by atomic mass is 10.1. The lowest BCUT2D eigenvalue weighted by Gasteiger charge is -2.05. The number of halogens is 1. The molecule has 1 aromatic rings. The van der Waals surface area contributed by atoms with Crippen LogP contribution in [0.5, 0.6) is 5.75 Å². The molecule has 0 saturated heterocycles. The van der Waals surface area contributed by atoms with E-state index in [0.717, 1.165) is 15.8 Å². The van der Waals surface area contributed by atoms with Crippen LogP contribution in [-0.2, 0) is 6.42 Å². The summed E-state index contributed by atoms with van der Waals surface area (Å²) in [5.74, 6) is 0.809. The van der Waals surface area contributed by atoms with Gasteiger partial charge in [0.05, 0.1) is 7.11 Å². The predicted octanol–water partition coefficient (Wildman–Crippen LogP) is 3.31. The second-order valence-electron chi connectivity index (χ2n) is 2.66. The molecule has 0 heterocycles.